The molecule has 9 aromatic rings. The highest BCUT2D eigenvalue weighted by Crippen LogP contribution is 2.47. The van der Waals surface area contributed by atoms with Crippen LogP contribution in [0.25, 0.3) is 83.9 Å². The number of aromatic hydroxyl groups is 1. The van der Waals surface area contributed by atoms with Crippen LogP contribution in [-0.4, -0.2) is 19.6 Å². The Labute approximate surface area is 417 Å². The third kappa shape index (κ3) is 9.30. The quantitative estimate of drug-likeness (QED) is 0.173. The van der Waals surface area contributed by atoms with E-state index in [9.17, 15) is 5.11 Å². The largest absolute Gasteiger partial charge is 0.507 e. The van der Waals surface area contributed by atoms with Gasteiger partial charge in [-0.05, 0) is 133 Å². The maximum atomic E-state index is 12.7. The summed E-state index contributed by atoms with van der Waals surface area (Å²) in [6.07, 6.45) is 1.63. The Morgan fingerprint density at radius 1 is 0.478 bits per heavy atom. The predicted octanol–water partition coefficient (Wildman–Crippen LogP) is 17.6. The van der Waals surface area contributed by atoms with Gasteiger partial charge in [-0.1, -0.05) is 192 Å². The van der Waals surface area contributed by atoms with Crippen molar-refractivity contribution in [3.63, 3.8) is 0 Å². The number of benzene rings is 7. The molecule has 0 saturated carbocycles. The van der Waals surface area contributed by atoms with Gasteiger partial charge in [0.1, 0.15) is 11.6 Å². The molecule has 348 valence electrons. The van der Waals surface area contributed by atoms with Crippen LogP contribution in [0.15, 0.2) is 164 Å². The van der Waals surface area contributed by atoms with Crippen LogP contribution in [0.2, 0.25) is 0 Å². The van der Waals surface area contributed by atoms with Gasteiger partial charge in [0.2, 0.25) is 0 Å². The Hall–Kier alpha value is -7.04. The number of phenolic OH excluding ortho intramolecular Hbond substituents is 1. The molecule has 7 aromatic carbocycles. The molecule has 1 N–H and O–H groups in total. The second kappa shape index (κ2) is 17.5. The fourth-order valence-electron chi connectivity index (χ4n) is 9.26. The van der Waals surface area contributed by atoms with Gasteiger partial charge in [-0.25, -0.2) is 4.98 Å². The molecule has 2 heterocycles. The Balaban J connectivity index is 1.36. The molecule has 0 fully saturated rings. The summed E-state index contributed by atoms with van der Waals surface area (Å²) in [6.45, 7) is 28.4. The van der Waals surface area contributed by atoms with E-state index >= 15 is 0 Å². The summed E-state index contributed by atoms with van der Waals surface area (Å²) in [4.78, 5) is 10.5. The number of fused-ring (bicyclic) bond motifs is 1. The van der Waals surface area contributed by atoms with Gasteiger partial charge >= 0.3 is 0 Å². The van der Waals surface area contributed by atoms with Crippen molar-refractivity contribution in [3.8, 4) is 78.6 Å². The summed E-state index contributed by atoms with van der Waals surface area (Å²) in [5, 5.41) is 12.7. The van der Waals surface area contributed by atoms with Crippen molar-refractivity contribution in [2.45, 2.75) is 112 Å². The smallest absolute Gasteiger partial charge is 0.149 e. The fourth-order valence-corrected chi connectivity index (χ4v) is 9.26. The zero-order valence-corrected chi connectivity index (χ0v) is 42.5. The topological polar surface area (TPSA) is 50.9 Å². The molecular weight excluding hydrogens is 839 g/mol. The lowest BCUT2D eigenvalue weighted by atomic mass is 9.79. The van der Waals surface area contributed by atoms with E-state index < -0.39 is 11.5 Å². The number of hydrogen-bond acceptors (Lipinski definition) is 3. The number of nitrogens with zero attached hydrogens (tertiary/aromatic N) is 3. The average molecular weight is 911 g/mol. The summed E-state index contributed by atoms with van der Waals surface area (Å²) in [5.74, 6) is 0.805. The van der Waals surface area contributed by atoms with Crippen LogP contribution < -0.4 is 0 Å². The molecule has 4 nitrogen and oxygen atoms in total. The van der Waals surface area contributed by atoms with E-state index in [1.807, 2.05) is 6.07 Å². The van der Waals surface area contributed by atoms with Gasteiger partial charge in [0.25, 0.3) is 0 Å². The first-order chi connectivity index (χ1) is 34.6. The number of aryl methyl sites for hydroxylation is 1. The molecule has 0 aliphatic rings. The highest BCUT2D eigenvalue weighted by Gasteiger charge is 2.30. The van der Waals surface area contributed by atoms with Crippen molar-refractivity contribution in [2.75, 3.05) is 0 Å². The van der Waals surface area contributed by atoms with Crippen LogP contribution >= 0.6 is 0 Å². The van der Waals surface area contributed by atoms with Gasteiger partial charge < -0.3 is 5.11 Å². The normalized spacial score (nSPS) is 13.5. The van der Waals surface area contributed by atoms with E-state index in [0.717, 1.165) is 77.9 Å². The molecule has 0 unspecified atom stereocenters. The average Bonchev–Trinajstić information content (AvgIpc) is 3.74. The molecule has 0 aliphatic heterocycles. The molecule has 0 bridgehead atoms. The number of rotatable bonds is 7. The highest BCUT2D eigenvalue weighted by atomic mass is 16.3. The van der Waals surface area contributed by atoms with Crippen molar-refractivity contribution < 1.29 is 12.0 Å². The molecule has 0 amide bonds. The van der Waals surface area contributed by atoms with Gasteiger partial charge in [0.15, 0.2) is 0 Å². The summed E-state index contributed by atoms with van der Waals surface area (Å²) >= 11 is 0. The lowest BCUT2D eigenvalue weighted by Gasteiger charge is -2.28. The molecule has 0 aliphatic carbocycles. The monoisotopic (exact) mass is 911 g/mol. The number of aromatic nitrogens is 3. The molecule has 0 atom stereocenters. The Morgan fingerprint density at radius 3 is 1.77 bits per heavy atom. The van der Waals surface area contributed by atoms with Gasteiger partial charge in [0.05, 0.1) is 34.8 Å². The second-order valence-corrected chi connectivity index (χ2v) is 22.7. The third-order valence-electron chi connectivity index (χ3n) is 13.4. The number of phenols is 1. The van der Waals surface area contributed by atoms with Gasteiger partial charge in [-0.15, -0.1) is 0 Å². The van der Waals surface area contributed by atoms with Crippen LogP contribution in [0.1, 0.15) is 118 Å². The predicted molar refractivity (Wildman–Crippen MR) is 293 cm³/mol. The summed E-state index contributed by atoms with van der Waals surface area (Å²) in [7, 11) is 0. The molecule has 9 rings (SSSR count). The van der Waals surface area contributed by atoms with Crippen molar-refractivity contribution >= 4 is 11.0 Å². The number of pyridine rings is 1. The van der Waals surface area contributed by atoms with E-state index in [1.54, 1.807) is 18.3 Å². The van der Waals surface area contributed by atoms with Crippen LogP contribution in [0, 0.1) is 6.92 Å². The summed E-state index contributed by atoms with van der Waals surface area (Å²) < 4.78 is 44.8. The van der Waals surface area contributed by atoms with Gasteiger partial charge in [0, 0.05) is 28.5 Å². The molecule has 0 saturated heterocycles. The lowest BCUT2D eigenvalue weighted by molar-refractivity contribution is 0.446. The third-order valence-corrected chi connectivity index (χ3v) is 13.4. The van der Waals surface area contributed by atoms with Crippen molar-refractivity contribution in [2.24, 2.45) is 0 Å². The van der Waals surface area contributed by atoms with E-state index in [4.69, 9.17) is 16.8 Å². The molecule has 4 heteroatoms. The van der Waals surface area contributed by atoms with Crippen molar-refractivity contribution in [1.82, 2.24) is 14.5 Å². The zero-order chi connectivity index (χ0) is 53.6. The van der Waals surface area contributed by atoms with Crippen LogP contribution in [-0.2, 0) is 21.7 Å². The number of para-hydroxylation sites is 1. The number of hydrogen-bond donors (Lipinski definition) is 1. The first-order valence-electron chi connectivity index (χ1n) is 26.5. The first-order valence-corrected chi connectivity index (χ1v) is 24.0. The maximum Gasteiger partial charge on any atom is 0.149 e. The number of imidazole rings is 1. The second-order valence-electron chi connectivity index (χ2n) is 22.7. The molecule has 0 spiro atoms. The van der Waals surface area contributed by atoms with Crippen molar-refractivity contribution in [3.05, 3.63) is 192 Å². The lowest BCUT2D eigenvalue weighted by Crippen LogP contribution is -2.17. The Morgan fingerprint density at radius 2 is 1.12 bits per heavy atom. The van der Waals surface area contributed by atoms with Crippen LogP contribution in [0.5, 0.6) is 5.75 Å². The molecule has 0 radical (unpaired) electrons. The van der Waals surface area contributed by atoms with Crippen LogP contribution in [0.4, 0.5) is 0 Å². The maximum absolute atomic E-state index is 12.7. The minimum atomic E-state index is -0.433. The summed E-state index contributed by atoms with van der Waals surface area (Å²) in [6, 6.07) is 42.8. The first kappa shape index (κ1) is 41.0. The highest BCUT2D eigenvalue weighted by molar-refractivity contribution is 5.98. The molecular formula is C65H67N3O. The van der Waals surface area contributed by atoms with Crippen molar-refractivity contribution in [1.29, 1.82) is 0 Å². The molecule has 2 aromatic heterocycles. The van der Waals surface area contributed by atoms with E-state index in [1.165, 1.54) is 5.56 Å². The minimum Gasteiger partial charge on any atom is -0.507 e. The Bertz CT molecular complexity index is 3630. The fraction of sp³-hybridized carbons (Fsp3) is 0.262. The van der Waals surface area contributed by atoms with Gasteiger partial charge in [-0.2, -0.15) is 0 Å². The minimum absolute atomic E-state index is 0.0160. The SMILES string of the molecule is [2H]c1c([2H])c([2H])c(-c2ccnc(-c3cc(-c4cccc5c4nc(-c4cc(C(C)(C)C)cc(C(C)(C)C)c4O)n5-c4cc(C)c(-c5ccc(C(C)(C)C)cc5)cc4-c4ccccc4)cc(C(C)(C)C)c3)c2)c([2H])c1[2H]. The standard InChI is InChI=1S/C65H67N3O/c1-41-33-58(53(43-23-18-15-19-24-43)40-52(41)44-27-29-48(30-28-44)62(2,3)4)68-57-26-20-25-51(59(57)67-61(68)54-38-50(64(8,9)10)39-55(60(54)69)65(11,12)13)46-34-47(36-49(35-46)63(5,6)7)56-37-45(31-32-66-56)42-21-16-14-17-22-42/h14-40,69H,1-13H3/i14D,16D,17D,21D,22D. The van der Waals surface area contributed by atoms with E-state index in [-0.39, 0.29) is 51.7 Å². The zero-order valence-electron chi connectivity index (χ0n) is 47.5. The van der Waals surface area contributed by atoms with E-state index in [0.29, 0.717) is 22.6 Å². The molecule has 69 heavy (non-hydrogen) atoms. The Kier molecular flexibility index (Phi) is 10.4. The van der Waals surface area contributed by atoms with E-state index in [2.05, 4.69) is 204 Å². The van der Waals surface area contributed by atoms with Crippen LogP contribution in [0.3, 0.4) is 0 Å². The summed E-state index contributed by atoms with van der Waals surface area (Å²) in [5.41, 5.74) is 15.7. The van der Waals surface area contributed by atoms with Gasteiger partial charge in [-0.3, -0.25) is 9.55 Å².